The number of carbonyl (C=O) groups excluding carboxylic acids is 1. The van der Waals surface area contributed by atoms with Crippen LogP contribution in [0.15, 0.2) is 18.2 Å². The van der Waals surface area contributed by atoms with Crippen LogP contribution in [0, 0.1) is 0 Å². The standard InChI is InChI=1S/C15H22N2O2/c1-4-19-12-8-5-7-11(16)13(12)14(18)17-10-6-9-15(17,2)3/h5,7-8H,4,6,9-10,16H2,1-3H3. The normalized spacial score (nSPS) is 17.5. The van der Waals surface area contributed by atoms with E-state index in [1.54, 1.807) is 12.1 Å². The molecule has 0 atom stereocenters. The Labute approximate surface area is 114 Å². The number of nitrogens with zero attached hydrogens (tertiary/aromatic N) is 1. The van der Waals surface area contributed by atoms with E-state index in [0.717, 1.165) is 19.4 Å². The first kappa shape index (κ1) is 13.7. The lowest BCUT2D eigenvalue weighted by molar-refractivity contribution is 0.0649. The van der Waals surface area contributed by atoms with E-state index in [-0.39, 0.29) is 11.4 Å². The molecule has 0 aromatic heterocycles. The molecule has 0 bridgehead atoms. The number of hydrogen-bond donors (Lipinski definition) is 1. The molecule has 4 nitrogen and oxygen atoms in total. The fourth-order valence-corrected chi connectivity index (χ4v) is 2.67. The Balaban J connectivity index is 2.38. The minimum atomic E-state index is -0.108. The number of ether oxygens (including phenoxy) is 1. The molecule has 104 valence electrons. The highest BCUT2D eigenvalue weighted by Gasteiger charge is 2.37. The third-order valence-corrected chi connectivity index (χ3v) is 3.72. The van der Waals surface area contributed by atoms with Crippen molar-refractivity contribution in [3.8, 4) is 5.75 Å². The highest BCUT2D eigenvalue weighted by molar-refractivity contribution is 6.02. The Bertz CT molecular complexity index is 483. The van der Waals surface area contributed by atoms with Crippen molar-refractivity contribution in [3.63, 3.8) is 0 Å². The minimum Gasteiger partial charge on any atom is -0.493 e. The van der Waals surface area contributed by atoms with Gasteiger partial charge >= 0.3 is 0 Å². The molecule has 1 aromatic carbocycles. The molecule has 0 saturated carbocycles. The molecule has 1 heterocycles. The van der Waals surface area contributed by atoms with Gasteiger partial charge in [-0.05, 0) is 45.7 Å². The zero-order chi connectivity index (χ0) is 14.0. The zero-order valence-electron chi connectivity index (χ0n) is 11.9. The summed E-state index contributed by atoms with van der Waals surface area (Å²) in [5.74, 6) is 0.555. The van der Waals surface area contributed by atoms with Gasteiger partial charge in [0.15, 0.2) is 0 Å². The highest BCUT2D eigenvalue weighted by Crippen LogP contribution is 2.33. The Morgan fingerprint density at radius 3 is 2.79 bits per heavy atom. The van der Waals surface area contributed by atoms with Crippen LogP contribution in [0.1, 0.15) is 44.0 Å². The number of amides is 1. The van der Waals surface area contributed by atoms with E-state index >= 15 is 0 Å². The van der Waals surface area contributed by atoms with Crippen molar-refractivity contribution in [1.29, 1.82) is 0 Å². The third-order valence-electron chi connectivity index (χ3n) is 3.72. The summed E-state index contributed by atoms with van der Waals surface area (Å²) in [6, 6.07) is 5.36. The Hall–Kier alpha value is -1.71. The number of hydrogen-bond acceptors (Lipinski definition) is 3. The molecule has 0 aliphatic carbocycles. The van der Waals surface area contributed by atoms with Crippen LogP contribution in [0.4, 0.5) is 5.69 Å². The summed E-state index contributed by atoms with van der Waals surface area (Å²) in [5.41, 5.74) is 6.86. The van der Waals surface area contributed by atoms with E-state index in [1.165, 1.54) is 0 Å². The lowest BCUT2D eigenvalue weighted by atomic mass is 10.0. The van der Waals surface area contributed by atoms with Crippen molar-refractivity contribution in [2.75, 3.05) is 18.9 Å². The molecule has 2 rings (SSSR count). The Morgan fingerprint density at radius 2 is 2.21 bits per heavy atom. The first-order valence-electron chi connectivity index (χ1n) is 6.80. The van der Waals surface area contributed by atoms with E-state index in [0.29, 0.717) is 23.6 Å². The van der Waals surface area contributed by atoms with Crippen molar-refractivity contribution >= 4 is 11.6 Å². The van der Waals surface area contributed by atoms with E-state index in [9.17, 15) is 4.79 Å². The van der Waals surface area contributed by atoms with Gasteiger partial charge in [0, 0.05) is 17.8 Å². The minimum absolute atomic E-state index is 0.0240. The van der Waals surface area contributed by atoms with Gasteiger partial charge in [0.2, 0.25) is 0 Å². The lowest BCUT2D eigenvalue weighted by Crippen LogP contribution is -2.43. The summed E-state index contributed by atoms with van der Waals surface area (Å²) in [6.07, 6.45) is 2.06. The first-order valence-corrected chi connectivity index (χ1v) is 6.80. The quantitative estimate of drug-likeness (QED) is 0.852. The van der Waals surface area contributed by atoms with Crippen LogP contribution in [0.3, 0.4) is 0 Å². The molecule has 1 amide bonds. The van der Waals surface area contributed by atoms with Gasteiger partial charge in [0.25, 0.3) is 5.91 Å². The Morgan fingerprint density at radius 1 is 1.47 bits per heavy atom. The summed E-state index contributed by atoms with van der Waals surface area (Å²) in [7, 11) is 0. The highest BCUT2D eigenvalue weighted by atomic mass is 16.5. The molecular formula is C15H22N2O2. The second kappa shape index (κ2) is 5.11. The van der Waals surface area contributed by atoms with Crippen LogP contribution in [0.25, 0.3) is 0 Å². The maximum atomic E-state index is 12.7. The molecule has 1 aliphatic heterocycles. The number of likely N-dealkylation sites (tertiary alicyclic amines) is 1. The van der Waals surface area contributed by atoms with E-state index in [1.807, 2.05) is 17.9 Å². The smallest absolute Gasteiger partial charge is 0.260 e. The molecular weight excluding hydrogens is 240 g/mol. The molecule has 2 N–H and O–H groups in total. The fourth-order valence-electron chi connectivity index (χ4n) is 2.67. The molecule has 1 fully saturated rings. The average molecular weight is 262 g/mol. The molecule has 1 saturated heterocycles. The van der Waals surface area contributed by atoms with Gasteiger partial charge in [-0.3, -0.25) is 4.79 Å². The molecule has 1 aliphatic rings. The van der Waals surface area contributed by atoms with Crippen LogP contribution in [0.5, 0.6) is 5.75 Å². The number of nitrogen functional groups attached to an aromatic ring is 1. The van der Waals surface area contributed by atoms with Crippen LogP contribution in [-0.2, 0) is 0 Å². The zero-order valence-corrected chi connectivity index (χ0v) is 11.9. The van der Waals surface area contributed by atoms with Gasteiger partial charge < -0.3 is 15.4 Å². The molecule has 1 aromatic rings. The van der Waals surface area contributed by atoms with E-state index in [4.69, 9.17) is 10.5 Å². The second-order valence-electron chi connectivity index (χ2n) is 5.53. The topological polar surface area (TPSA) is 55.6 Å². The van der Waals surface area contributed by atoms with Crippen LogP contribution in [0.2, 0.25) is 0 Å². The van der Waals surface area contributed by atoms with Gasteiger partial charge in [-0.25, -0.2) is 0 Å². The largest absolute Gasteiger partial charge is 0.493 e. The Kier molecular flexibility index (Phi) is 3.69. The first-order chi connectivity index (χ1) is 8.97. The molecule has 0 unspecified atom stereocenters. The summed E-state index contributed by atoms with van der Waals surface area (Å²) in [5, 5.41) is 0. The average Bonchev–Trinajstić information content (AvgIpc) is 2.69. The monoisotopic (exact) mass is 262 g/mol. The summed E-state index contributed by atoms with van der Waals surface area (Å²) in [4.78, 5) is 14.6. The predicted molar refractivity (Wildman–Crippen MR) is 76.4 cm³/mol. The molecule has 4 heteroatoms. The van der Waals surface area contributed by atoms with E-state index in [2.05, 4.69) is 13.8 Å². The molecule has 0 radical (unpaired) electrons. The molecule has 0 spiro atoms. The number of nitrogens with two attached hydrogens (primary N) is 1. The van der Waals surface area contributed by atoms with Crippen LogP contribution in [-0.4, -0.2) is 29.5 Å². The lowest BCUT2D eigenvalue weighted by Gasteiger charge is -2.32. The van der Waals surface area contributed by atoms with Crippen LogP contribution < -0.4 is 10.5 Å². The number of benzene rings is 1. The van der Waals surface area contributed by atoms with Crippen molar-refractivity contribution in [3.05, 3.63) is 23.8 Å². The summed E-state index contributed by atoms with van der Waals surface area (Å²) < 4.78 is 5.54. The molecule has 19 heavy (non-hydrogen) atoms. The van der Waals surface area contributed by atoms with Crippen molar-refractivity contribution in [1.82, 2.24) is 4.90 Å². The predicted octanol–water partition coefficient (Wildman–Crippen LogP) is 2.68. The maximum absolute atomic E-state index is 12.7. The van der Waals surface area contributed by atoms with Gasteiger partial charge in [-0.15, -0.1) is 0 Å². The van der Waals surface area contributed by atoms with Gasteiger partial charge in [0.05, 0.1) is 6.61 Å². The van der Waals surface area contributed by atoms with Crippen molar-refractivity contribution in [2.45, 2.75) is 39.2 Å². The van der Waals surface area contributed by atoms with E-state index < -0.39 is 0 Å². The van der Waals surface area contributed by atoms with Crippen molar-refractivity contribution < 1.29 is 9.53 Å². The maximum Gasteiger partial charge on any atom is 0.260 e. The number of carbonyl (C=O) groups is 1. The summed E-state index contributed by atoms with van der Waals surface area (Å²) in [6.45, 7) is 7.39. The second-order valence-corrected chi connectivity index (χ2v) is 5.53. The van der Waals surface area contributed by atoms with Crippen molar-refractivity contribution in [2.24, 2.45) is 0 Å². The van der Waals surface area contributed by atoms with Gasteiger partial charge in [0.1, 0.15) is 11.3 Å². The fraction of sp³-hybridized carbons (Fsp3) is 0.533. The van der Waals surface area contributed by atoms with Crippen LogP contribution >= 0.6 is 0 Å². The number of anilines is 1. The summed E-state index contributed by atoms with van der Waals surface area (Å²) >= 11 is 0. The number of rotatable bonds is 3. The third kappa shape index (κ3) is 2.53. The SMILES string of the molecule is CCOc1cccc(N)c1C(=O)N1CCCC1(C)C. The van der Waals surface area contributed by atoms with Gasteiger partial charge in [-0.1, -0.05) is 6.07 Å². The van der Waals surface area contributed by atoms with Gasteiger partial charge in [-0.2, -0.15) is 0 Å².